The molecule has 0 N–H and O–H groups in total. The maximum Gasteiger partial charge on any atom is 0.417 e. The van der Waals surface area contributed by atoms with E-state index in [1.165, 1.54) is 4.57 Å². The summed E-state index contributed by atoms with van der Waals surface area (Å²) in [5, 5.41) is 0. The van der Waals surface area contributed by atoms with E-state index >= 15 is 0 Å². The largest absolute Gasteiger partial charge is 0.417 e. The van der Waals surface area contributed by atoms with E-state index in [0.29, 0.717) is 19.6 Å². The van der Waals surface area contributed by atoms with Crippen molar-refractivity contribution in [2.45, 2.75) is 38.4 Å². The smallest absolute Gasteiger partial charge is 0.379 e. The molecule has 0 radical (unpaired) electrons. The number of aromatic nitrogens is 1. The molecule has 0 saturated carbocycles. The number of hydrogen-bond acceptors (Lipinski definition) is 2. The summed E-state index contributed by atoms with van der Waals surface area (Å²) in [6, 6.07) is 0.659. The van der Waals surface area contributed by atoms with E-state index in [1.807, 2.05) is 0 Å². The fraction of sp³-hybridized carbons (Fsp3) is 0.615. The van der Waals surface area contributed by atoms with Crippen molar-refractivity contribution in [2.75, 3.05) is 13.2 Å². The van der Waals surface area contributed by atoms with E-state index < -0.39 is 11.7 Å². The van der Waals surface area contributed by atoms with Gasteiger partial charge in [-0.3, -0.25) is 4.79 Å². The molecular weight excluding hydrogens is 259 g/mol. The molecule has 1 aliphatic rings. The Morgan fingerprint density at radius 3 is 2.58 bits per heavy atom. The molecule has 0 spiro atoms. The summed E-state index contributed by atoms with van der Waals surface area (Å²) in [6.07, 6.45) is -2.97. The molecule has 1 atom stereocenters. The van der Waals surface area contributed by atoms with Crippen molar-refractivity contribution in [3.8, 4) is 0 Å². The van der Waals surface area contributed by atoms with Crippen molar-refractivity contribution in [1.29, 1.82) is 0 Å². The van der Waals surface area contributed by atoms with Crippen molar-refractivity contribution < 1.29 is 17.9 Å². The average molecular weight is 275 g/mol. The van der Waals surface area contributed by atoms with Crippen LogP contribution in [0.15, 0.2) is 17.1 Å². The molecule has 3 nitrogen and oxygen atoms in total. The van der Waals surface area contributed by atoms with E-state index in [4.69, 9.17) is 4.74 Å². The normalized spacial score (nSPS) is 20.2. The highest BCUT2D eigenvalue weighted by Gasteiger charge is 2.33. The van der Waals surface area contributed by atoms with Crippen molar-refractivity contribution in [2.24, 2.45) is 0 Å². The van der Waals surface area contributed by atoms with Crippen molar-refractivity contribution in [3.63, 3.8) is 0 Å². The van der Waals surface area contributed by atoms with Crippen LogP contribution in [0.4, 0.5) is 13.2 Å². The van der Waals surface area contributed by atoms with Crippen LogP contribution in [0.3, 0.4) is 0 Å². The highest BCUT2D eigenvalue weighted by atomic mass is 19.4. The van der Waals surface area contributed by atoms with Crippen LogP contribution >= 0.6 is 0 Å². The van der Waals surface area contributed by atoms with Gasteiger partial charge >= 0.3 is 6.18 Å². The van der Waals surface area contributed by atoms with Crippen LogP contribution < -0.4 is 5.56 Å². The SMILES string of the molecule is CC(C)c1cc(C(F)(F)F)cn(C2CCOC2)c1=O. The van der Waals surface area contributed by atoms with Gasteiger partial charge in [0.05, 0.1) is 18.2 Å². The van der Waals surface area contributed by atoms with E-state index in [-0.39, 0.29) is 23.1 Å². The van der Waals surface area contributed by atoms with Crippen LogP contribution in [0.5, 0.6) is 0 Å². The molecule has 1 fully saturated rings. The fourth-order valence-electron chi connectivity index (χ4n) is 2.21. The Bertz CT molecular complexity index is 514. The lowest BCUT2D eigenvalue weighted by Gasteiger charge is -2.18. The first kappa shape index (κ1) is 14.1. The van der Waals surface area contributed by atoms with Crippen molar-refractivity contribution in [3.05, 3.63) is 33.7 Å². The lowest BCUT2D eigenvalue weighted by atomic mass is 10.0. The van der Waals surface area contributed by atoms with Crippen LogP contribution in [0, 0.1) is 0 Å². The summed E-state index contributed by atoms with van der Waals surface area (Å²) in [4.78, 5) is 12.2. The Morgan fingerprint density at radius 2 is 2.11 bits per heavy atom. The molecule has 0 bridgehead atoms. The zero-order valence-electron chi connectivity index (χ0n) is 10.8. The highest BCUT2D eigenvalue weighted by Crippen LogP contribution is 2.31. The van der Waals surface area contributed by atoms with Gasteiger partial charge in [-0.25, -0.2) is 0 Å². The second-order valence-corrected chi connectivity index (χ2v) is 5.07. The first-order chi connectivity index (χ1) is 8.80. The monoisotopic (exact) mass is 275 g/mol. The Kier molecular flexibility index (Phi) is 3.71. The van der Waals surface area contributed by atoms with Gasteiger partial charge in [-0.2, -0.15) is 13.2 Å². The molecule has 0 aliphatic carbocycles. The third-order valence-corrected chi connectivity index (χ3v) is 3.32. The molecule has 19 heavy (non-hydrogen) atoms. The van der Waals surface area contributed by atoms with Gasteiger partial charge in [0, 0.05) is 18.4 Å². The third-order valence-electron chi connectivity index (χ3n) is 3.32. The van der Waals surface area contributed by atoms with Crippen molar-refractivity contribution in [1.82, 2.24) is 4.57 Å². The van der Waals surface area contributed by atoms with Crippen LogP contribution in [0.25, 0.3) is 0 Å². The van der Waals surface area contributed by atoms with Crippen molar-refractivity contribution >= 4 is 0 Å². The molecule has 0 aromatic carbocycles. The minimum absolute atomic E-state index is 0.196. The maximum absolute atomic E-state index is 12.9. The lowest BCUT2D eigenvalue weighted by Crippen LogP contribution is -2.30. The average Bonchev–Trinajstić information content (AvgIpc) is 2.80. The molecule has 6 heteroatoms. The summed E-state index contributed by atoms with van der Waals surface area (Å²) in [6.45, 7) is 4.20. The van der Waals surface area contributed by atoms with E-state index in [0.717, 1.165) is 12.3 Å². The Morgan fingerprint density at radius 1 is 1.42 bits per heavy atom. The first-order valence-electron chi connectivity index (χ1n) is 6.21. The summed E-state index contributed by atoms with van der Waals surface area (Å²) in [5.74, 6) is -0.247. The number of pyridine rings is 1. The molecular formula is C13H16F3NO2. The molecule has 1 aromatic rings. The minimum atomic E-state index is -4.45. The minimum Gasteiger partial charge on any atom is -0.379 e. The predicted octanol–water partition coefficient (Wildman–Crippen LogP) is 2.95. The summed E-state index contributed by atoms with van der Waals surface area (Å²) >= 11 is 0. The van der Waals surface area contributed by atoms with E-state index in [2.05, 4.69) is 0 Å². The summed E-state index contributed by atoms with van der Waals surface area (Å²) < 4.78 is 45.0. The van der Waals surface area contributed by atoms with Crippen LogP contribution in [0.2, 0.25) is 0 Å². The molecule has 1 saturated heterocycles. The van der Waals surface area contributed by atoms with Gasteiger partial charge in [-0.15, -0.1) is 0 Å². The molecule has 1 aliphatic heterocycles. The number of nitrogens with zero attached hydrogens (tertiary/aromatic N) is 1. The summed E-state index contributed by atoms with van der Waals surface area (Å²) in [7, 11) is 0. The Balaban J connectivity index is 2.58. The zero-order chi connectivity index (χ0) is 14.2. The number of halogens is 3. The molecule has 1 aromatic heterocycles. The standard InChI is InChI=1S/C13H16F3NO2/c1-8(2)11-5-9(13(14,15)16)6-17(12(11)18)10-3-4-19-7-10/h5-6,8,10H,3-4,7H2,1-2H3. The lowest BCUT2D eigenvalue weighted by molar-refractivity contribution is -0.138. The van der Waals surface area contributed by atoms with Gasteiger partial charge in [-0.1, -0.05) is 13.8 Å². The van der Waals surface area contributed by atoms with Gasteiger partial charge in [0.25, 0.3) is 5.56 Å². The second kappa shape index (κ2) is 5.00. The van der Waals surface area contributed by atoms with E-state index in [9.17, 15) is 18.0 Å². The zero-order valence-corrected chi connectivity index (χ0v) is 10.8. The molecule has 106 valence electrons. The number of ether oxygens (including phenoxy) is 1. The predicted molar refractivity (Wildman–Crippen MR) is 64.3 cm³/mol. The molecule has 1 unspecified atom stereocenters. The van der Waals surface area contributed by atoms with Gasteiger partial charge in [0.1, 0.15) is 0 Å². The quantitative estimate of drug-likeness (QED) is 0.831. The van der Waals surface area contributed by atoms with Crippen LogP contribution in [-0.4, -0.2) is 17.8 Å². The number of rotatable bonds is 2. The Labute approximate surface area is 109 Å². The van der Waals surface area contributed by atoms with E-state index in [1.54, 1.807) is 13.8 Å². The Hall–Kier alpha value is -1.30. The summed E-state index contributed by atoms with van der Waals surface area (Å²) in [5.41, 5.74) is -0.928. The molecule has 0 amide bonds. The van der Waals surface area contributed by atoms with Crippen LogP contribution in [0.1, 0.15) is 43.4 Å². The van der Waals surface area contributed by atoms with Gasteiger partial charge in [0.15, 0.2) is 0 Å². The third kappa shape index (κ3) is 2.83. The molecule has 2 heterocycles. The van der Waals surface area contributed by atoms with Gasteiger partial charge < -0.3 is 9.30 Å². The van der Waals surface area contributed by atoms with Gasteiger partial charge in [-0.05, 0) is 18.4 Å². The number of alkyl halides is 3. The number of hydrogen-bond donors (Lipinski definition) is 0. The second-order valence-electron chi connectivity index (χ2n) is 5.07. The fourth-order valence-corrected chi connectivity index (χ4v) is 2.21. The molecule has 2 rings (SSSR count). The highest BCUT2D eigenvalue weighted by molar-refractivity contribution is 5.24. The maximum atomic E-state index is 12.9. The topological polar surface area (TPSA) is 31.2 Å². The van der Waals surface area contributed by atoms with Crippen LogP contribution in [-0.2, 0) is 10.9 Å². The first-order valence-corrected chi connectivity index (χ1v) is 6.21. The van der Waals surface area contributed by atoms with Gasteiger partial charge in [0.2, 0.25) is 0 Å².